The number of benzene rings is 2. The van der Waals surface area contributed by atoms with Crippen molar-refractivity contribution in [3.8, 4) is 17.0 Å². The summed E-state index contributed by atoms with van der Waals surface area (Å²) in [6, 6.07) is 18.4. The van der Waals surface area contributed by atoms with Crippen LogP contribution in [0.2, 0.25) is 0 Å². The van der Waals surface area contributed by atoms with Crippen molar-refractivity contribution < 1.29 is 9.47 Å². The van der Waals surface area contributed by atoms with Crippen molar-refractivity contribution in [1.82, 2.24) is 30.1 Å². The molecule has 8 nitrogen and oxygen atoms in total. The standard InChI is InChI=1S/C24H26N6O2S/c1-31-20-9-7-18(8-10-20)21-17-33-22(25-21)11-12-30-24(26-27-28-30)23(19-5-3-2-4-6-19)29-13-15-32-16-14-29/h2-10,17,23H,11-16H2,1H3/t23-/m0/s1. The van der Waals surface area contributed by atoms with Crippen molar-refractivity contribution in [2.75, 3.05) is 33.4 Å². The van der Waals surface area contributed by atoms with E-state index < -0.39 is 0 Å². The average molecular weight is 463 g/mol. The molecule has 9 heteroatoms. The summed E-state index contributed by atoms with van der Waals surface area (Å²) in [5.74, 6) is 1.70. The van der Waals surface area contributed by atoms with Crippen LogP contribution in [0.1, 0.15) is 22.4 Å². The maximum Gasteiger partial charge on any atom is 0.173 e. The molecule has 0 amide bonds. The van der Waals surface area contributed by atoms with Gasteiger partial charge < -0.3 is 9.47 Å². The summed E-state index contributed by atoms with van der Waals surface area (Å²) >= 11 is 1.66. The highest BCUT2D eigenvalue weighted by atomic mass is 32.1. The van der Waals surface area contributed by atoms with Crippen LogP contribution in [-0.4, -0.2) is 63.5 Å². The molecule has 1 aliphatic rings. The van der Waals surface area contributed by atoms with Gasteiger partial charge in [-0.25, -0.2) is 9.67 Å². The fraction of sp³-hybridized carbons (Fsp3) is 0.333. The highest BCUT2D eigenvalue weighted by Gasteiger charge is 2.29. The molecule has 2 aromatic heterocycles. The zero-order chi connectivity index (χ0) is 22.5. The quantitative estimate of drug-likeness (QED) is 0.397. The van der Waals surface area contributed by atoms with Gasteiger partial charge >= 0.3 is 0 Å². The summed E-state index contributed by atoms with van der Waals surface area (Å²) in [5.41, 5.74) is 3.24. The summed E-state index contributed by atoms with van der Waals surface area (Å²) in [6.07, 6.45) is 0.767. The minimum absolute atomic E-state index is 0.00347. The van der Waals surface area contributed by atoms with Crippen LogP contribution in [0.3, 0.4) is 0 Å². The van der Waals surface area contributed by atoms with E-state index in [4.69, 9.17) is 14.5 Å². The van der Waals surface area contributed by atoms with Crippen molar-refractivity contribution in [2.45, 2.75) is 19.0 Å². The molecule has 1 atom stereocenters. The number of thiazole rings is 1. The molecule has 0 bridgehead atoms. The Bertz CT molecular complexity index is 1160. The molecule has 170 valence electrons. The highest BCUT2D eigenvalue weighted by Crippen LogP contribution is 2.28. The van der Waals surface area contributed by atoms with E-state index in [0.717, 1.165) is 60.6 Å². The first kappa shape index (κ1) is 21.7. The molecular weight excluding hydrogens is 436 g/mol. The number of ether oxygens (including phenoxy) is 2. The summed E-state index contributed by atoms with van der Waals surface area (Å²) < 4.78 is 12.7. The smallest absolute Gasteiger partial charge is 0.173 e. The van der Waals surface area contributed by atoms with E-state index in [1.807, 2.05) is 35.0 Å². The highest BCUT2D eigenvalue weighted by molar-refractivity contribution is 7.09. The second kappa shape index (κ2) is 10.2. The molecule has 0 radical (unpaired) electrons. The van der Waals surface area contributed by atoms with Gasteiger partial charge in [-0.2, -0.15) is 0 Å². The average Bonchev–Trinajstić information content (AvgIpc) is 3.54. The summed E-state index contributed by atoms with van der Waals surface area (Å²) in [6.45, 7) is 3.82. The van der Waals surface area contributed by atoms with Gasteiger partial charge in [-0.3, -0.25) is 4.90 Å². The van der Waals surface area contributed by atoms with Crippen molar-refractivity contribution >= 4 is 11.3 Å². The van der Waals surface area contributed by atoms with E-state index in [1.165, 1.54) is 5.56 Å². The minimum Gasteiger partial charge on any atom is -0.497 e. The number of rotatable bonds is 8. The predicted octanol–water partition coefficient (Wildman–Crippen LogP) is 3.47. The zero-order valence-electron chi connectivity index (χ0n) is 18.5. The van der Waals surface area contributed by atoms with Crippen LogP contribution in [0.5, 0.6) is 5.75 Å². The van der Waals surface area contributed by atoms with Crippen LogP contribution in [0.25, 0.3) is 11.3 Å². The van der Waals surface area contributed by atoms with Crippen LogP contribution in [0.15, 0.2) is 60.0 Å². The Labute approximate surface area is 196 Å². The monoisotopic (exact) mass is 462 g/mol. The van der Waals surface area contributed by atoms with Gasteiger partial charge in [0.2, 0.25) is 0 Å². The second-order valence-corrected chi connectivity index (χ2v) is 8.77. The third-order valence-corrected chi connectivity index (χ3v) is 6.71. The molecule has 5 rings (SSSR count). The number of hydrogen-bond acceptors (Lipinski definition) is 8. The van der Waals surface area contributed by atoms with E-state index in [0.29, 0.717) is 6.54 Å². The lowest BCUT2D eigenvalue weighted by Crippen LogP contribution is -2.40. The third-order valence-electron chi connectivity index (χ3n) is 5.81. The Morgan fingerprint density at radius 1 is 1.06 bits per heavy atom. The van der Waals surface area contributed by atoms with E-state index in [1.54, 1.807) is 18.4 Å². The number of aryl methyl sites for hydroxylation is 2. The second-order valence-electron chi connectivity index (χ2n) is 7.83. The van der Waals surface area contributed by atoms with E-state index in [9.17, 15) is 0 Å². The Morgan fingerprint density at radius 2 is 1.85 bits per heavy atom. The van der Waals surface area contributed by atoms with Crippen molar-refractivity contribution in [3.05, 3.63) is 76.4 Å². The van der Waals surface area contributed by atoms with Gasteiger partial charge in [-0.15, -0.1) is 16.4 Å². The van der Waals surface area contributed by atoms with Crippen LogP contribution in [-0.2, 0) is 17.7 Å². The predicted molar refractivity (Wildman–Crippen MR) is 126 cm³/mol. The van der Waals surface area contributed by atoms with Gasteiger partial charge in [0.1, 0.15) is 5.75 Å². The number of aromatic nitrogens is 5. The number of methoxy groups -OCH3 is 1. The first-order valence-electron chi connectivity index (χ1n) is 11.0. The number of nitrogens with zero attached hydrogens (tertiary/aromatic N) is 6. The van der Waals surface area contributed by atoms with Crippen molar-refractivity contribution in [1.29, 1.82) is 0 Å². The molecule has 2 aromatic carbocycles. The summed E-state index contributed by atoms with van der Waals surface area (Å²) in [7, 11) is 1.67. The van der Waals surface area contributed by atoms with Crippen LogP contribution in [0, 0.1) is 0 Å². The lowest BCUT2D eigenvalue weighted by Gasteiger charge is -2.33. The van der Waals surface area contributed by atoms with E-state index in [2.05, 4.69) is 50.1 Å². The molecule has 0 N–H and O–H groups in total. The van der Waals surface area contributed by atoms with E-state index >= 15 is 0 Å². The molecule has 1 aliphatic heterocycles. The summed E-state index contributed by atoms with van der Waals surface area (Å²) in [4.78, 5) is 7.22. The van der Waals surface area contributed by atoms with Gasteiger partial charge in [0, 0.05) is 30.5 Å². The first-order valence-corrected chi connectivity index (χ1v) is 11.9. The zero-order valence-corrected chi connectivity index (χ0v) is 19.3. The number of morpholine rings is 1. The Hall–Kier alpha value is -3.14. The van der Waals surface area contributed by atoms with Crippen LogP contribution in [0.4, 0.5) is 0 Å². The van der Waals surface area contributed by atoms with Gasteiger partial charge in [-0.05, 0) is 40.3 Å². The number of tetrazole rings is 1. The maximum atomic E-state index is 5.58. The molecule has 33 heavy (non-hydrogen) atoms. The lowest BCUT2D eigenvalue weighted by atomic mass is 10.0. The van der Waals surface area contributed by atoms with Crippen molar-refractivity contribution in [3.63, 3.8) is 0 Å². The topological polar surface area (TPSA) is 78.2 Å². The number of hydrogen-bond donors (Lipinski definition) is 0. The molecule has 0 unspecified atom stereocenters. The molecule has 4 aromatic rings. The van der Waals surface area contributed by atoms with Gasteiger partial charge in [0.05, 0.1) is 43.6 Å². The van der Waals surface area contributed by atoms with E-state index in [-0.39, 0.29) is 6.04 Å². The molecule has 0 saturated carbocycles. The van der Waals surface area contributed by atoms with Crippen molar-refractivity contribution in [2.24, 2.45) is 0 Å². The SMILES string of the molecule is COc1ccc(-c2csc(CCn3nnnc3[C@H](c3ccccc3)N3CCOCC3)n2)cc1. The van der Waals surface area contributed by atoms with Gasteiger partial charge in [0.25, 0.3) is 0 Å². The largest absolute Gasteiger partial charge is 0.497 e. The Balaban J connectivity index is 1.33. The lowest BCUT2D eigenvalue weighted by molar-refractivity contribution is 0.0216. The van der Waals surface area contributed by atoms with Crippen LogP contribution >= 0.6 is 11.3 Å². The molecule has 1 saturated heterocycles. The molecule has 3 heterocycles. The third kappa shape index (κ3) is 4.95. The van der Waals surface area contributed by atoms with Gasteiger partial charge in [0.15, 0.2) is 5.82 Å². The Kier molecular flexibility index (Phi) is 6.71. The normalized spacial score (nSPS) is 15.4. The molecule has 0 aliphatic carbocycles. The first-order chi connectivity index (χ1) is 16.3. The minimum atomic E-state index is -0.00347. The fourth-order valence-electron chi connectivity index (χ4n) is 4.08. The molecular formula is C24H26N6O2S. The van der Waals surface area contributed by atoms with Gasteiger partial charge in [-0.1, -0.05) is 30.3 Å². The fourth-order valence-corrected chi connectivity index (χ4v) is 4.88. The maximum absolute atomic E-state index is 5.58. The summed E-state index contributed by atoms with van der Waals surface area (Å²) in [5, 5.41) is 15.9. The molecule has 0 spiro atoms. The van der Waals surface area contributed by atoms with Crippen LogP contribution < -0.4 is 4.74 Å². The molecule has 1 fully saturated rings. The Morgan fingerprint density at radius 3 is 2.61 bits per heavy atom.